The van der Waals surface area contributed by atoms with Gasteiger partial charge in [-0.05, 0) is 23.8 Å². The van der Waals surface area contributed by atoms with Crippen LogP contribution in [0, 0.1) is 0 Å². The molecule has 2 aliphatic rings. The van der Waals surface area contributed by atoms with Crippen LogP contribution >= 0.6 is 11.8 Å². The van der Waals surface area contributed by atoms with Crippen LogP contribution < -0.4 is 0 Å². The van der Waals surface area contributed by atoms with Crippen molar-refractivity contribution in [3.8, 4) is 0 Å². The van der Waals surface area contributed by atoms with Crippen molar-refractivity contribution in [1.29, 1.82) is 0 Å². The Morgan fingerprint density at radius 1 is 1.46 bits per heavy atom. The van der Waals surface area contributed by atoms with Crippen molar-refractivity contribution < 1.29 is 9.84 Å². The predicted octanol–water partition coefficient (Wildman–Crippen LogP) is 2.53. The Bertz CT molecular complexity index is 337. The average Bonchev–Trinajstić information content (AvgIpc) is 2.17. The number of methoxy groups -OCH3 is 1. The molecule has 0 bridgehead atoms. The molecule has 0 amide bonds. The van der Waals surface area contributed by atoms with E-state index in [2.05, 4.69) is 0 Å². The Balaban J connectivity index is 2.29. The first-order valence-electron chi connectivity index (χ1n) is 4.01. The summed E-state index contributed by atoms with van der Waals surface area (Å²) in [7, 11) is 1.65. The molecule has 0 fully saturated rings. The van der Waals surface area contributed by atoms with Crippen LogP contribution in [0.3, 0.4) is 0 Å². The molecule has 3 heteroatoms. The van der Waals surface area contributed by atoms with E-state index in [9.17, 15) is 5.11 Å². The lowest BCUT2D eigenvalue weighted by molar-refractivity contribution is 0.305. The molecule has 0 aromatic carbocycles. The molecule has 1 unspecified atom stereocenters. The van der Waals surface area contributed by atoms with Gasteiger partial charge in [0.05, 0.1) is 12.4 Å². The number of thioether (sulfide) groups is 1. The number of fused-ring (bicyclic) bond motifs is 1. The van der Waals surface area contributed by atoms with Crippen molar-refractivity contribution in [2.45, 2.75) is 5.25 Å². The van der Waals surface area contributed by atoms with Crippen molar-refractivity contribution in [2.24, 2.45) is 0 Å². The molecule has 13 heavy (non-hydrogen) atoms. The molecule has 1 aliphatic carbocycles. The maximum absolute atomic E-state index is 9.26. The number of hydrogen-bond acceptors (Lipinski definition) is 3. The van der Waals surface area contributed by atoms with Gasteiger partial charge >= 0.3 is 0 Å². The quantitative estimate of drug-likeness (QED) is 0.695. The van der Waals surface area contributed by atoms with Crippen LogP contribution in [-0.4, -0.2) is 17.5 Å². The van der Waals surface area contributed by atoms with E-state index in [4.69, 9.17) is 4.74 Å². The molecule has 0 spiro atoms. The zero-order chi connectivity index (χ0) is 9.26. The molecule has 1 atom stereocenters. The molecule has 1 heterocycles. The van der Waals surface area contributed by atoms with Crippen LogP contribution in [0.15, 0.2) is 46.8 Å². The molecule has 2 rings (SSSR count). The van der Waals surface area contributed by atoms with Crippen molar-refractivity contribution in [1.82, 2.24) is 0 Å². The van der Waals surface area contributed by atoms with Gasteiger partial charge in [0, 0.05) is 0 Å². The molecule has 2 nitrogen and oxygen atoms in total. The summed E-state index contributed by atoms with van der Waals surface area (Å²) in [6.07, 6.45) is 9.56. The lowest BCUT2D eigenvalue weighted by atomic mass is 10.1. The van der Waals surface area contributed by atoms with Crippen molar-refractivity contribution >= 4 is 11.8 Å². The second-order valence-corrected chi connectivity index (χ2v) is 3.98. The highest BCUT2D eigenvalue weighted by Crippen LogP contribution is 2.34. The topological polar surface area (TPSA) is 29.5 Å². The third kappa shape index (κ3) is 1.65. The van der Waals surface area contributed by atoms with Crippen LogP contribution in [0.1, 0.15) is 0 Å². The first kappa shape index (κ1) is 8.51. The predicted molar refractivity (Wildman–Crippen MR) is 54.4 cm³/mol. The molecule has 1 N–H and O–H groups in total. The molecule has 1 aliphatic heterocycles. The zero-order valence-corrected chi connectivity index (χ0v) is 8.04. The average molecular weight is 194 g/mol. The molecular formula is C10H10O2S. The minimum Gasteiger partial charge on any atom is -0.502 e. The molecule has 0 aromatic rings. The van der Waals surface area contributed by atoms with Gasteiger partial charge in [0.15, 0.2) is 5.09 Å². The number of allylic oxidation sites excluding steroid dienone is 4. The van der Waals surface area contributed by atoms with E-state index < -0.39 is 0 Å². The molecular weight excluding hydrogens is 184 g/mol. The van der Waals surface area contributed by atoms with E-state index in [1.54, 1.807) is 13.2 Å². The summed E-state index contributed by atoms with van der Waals surface area (Å²) in [6, 6.07) is 0. The van der Waals surface area contributed by atoms with Crippen LogP contribution in [0.4, 0.5) is 0 Å². The minimum absolute atomic E-state index is 0.240. The van der Waals surface area contributed by atoms with E-state index in [0.29, 0.717) is 5.09 Å². The third-order valence-corrected chi connectivity index (χ3v) is 3.04. The van der Waals surface area contributed by atoms with Crippen molar-refractivity contribution in [3.05, 3.63) is 46.8 Å². The number of rotatable bonds is 1. The van der Waals surface area contributed by atoms with Gasteiger partial charge in [0.25, 0.3) is 0 Å². The monoisotopic (exact) mass is 194 g/mol. The zero-order valence-electron chi connectivity index (χ0n) is 7.23. The largest absolute Gasteiger partial charge is 0.502 e. The molecule has 0 saturated heterocycles. The number of aliphatic hydroxyl groups is 1. The van der Waals surface area contributed by atoms with E-state index in [0.717, 1.165) is 5.76 Å². The van der Waals surface area contributed by atoms with Crippen LogP contribution in [0.25, 0.3) is 0 Å². The molecule has 0 radical (unpaired) electrons. The summed E-state index contributed by atoms with van der Waals surface area (Å²) in [6.45, 7) is 0. The maximum atomic E-state index is 9.26. The Kier molecular flexibility index (Phi) is 2.19. The highest BCUT2D eigenvalue weighted by atomic mass is 32.2. The maximum Gasteiger partial charge on any atom is 0.150 e. The lowest BCUT2D eigenvalue weighted by Gasteiger charge is -2.20. The fraction of sp³-hybridized carbons (Fsp3) is 0.200. The summed E-state index contributed by atoms with van der Waals surface area (Å²) >= 11 is 1.44. The Morgan fingerprint density at radius 3 is 3.08 bits per heavy atom. The van der Waals surface area contributed by atoms with Gasteiger partial charge in [0.1, 0.15) is 5.76 Å². The molecule has 68 valence electrons. The van der Waals surface area contributed by atoms with Gasteiger partial charge in [-0.1, -0.05) is 23.9 Å². The fourth-order valence-electron chi connectivity index (χ4n) is 1.30. The summed E-state index contributed by atoms with van der Waals surface area (Å²) in [5.41, 5.74) is 1.17. The second kappa shape index (κ2) is 3.34. The van der Waals surface area contributed by atoms with Gasteiger partial charge in [-0.3, -0.25) is 0 Å². The summed E-state index contributed by atoms with van der Waals surface area (Å²) in [5, 5.41) is 9.87. The van der Waals surface area contributed by atoms with E-state index in [1.807, 2.05) is 24.3 Å². The van der Waals surface area contributed by atoms with Crippen LogP contribution in [-0.2, 0) is 4.74 Å². The number of hydrogen-bond donors (Lipinski definition) is 1. The second-order valence-electron chi connectivity index (χ2n) is 2.82. The highest BCUT2D eigenvalue weighted by molar-refractivity contribution is 8.03. The van der Waals surface area contributed by atoms with Gasteiger partial charge in [0.2, 0.25) is 0 Å². The fourth-order valence-corrected chi connectivity index (χ4v) is 2.15. The Morgan fingerprint density at radius 2 is 2.31 bits per heavy atom. The first-order chi connectivity index (χ1) is 6.29. The molecule has 0 saturated carbocycles. The molecule has 0 aromatic heterocycles. The van der Waals surface area contributed by atoms with Gasteiger partial charge in [-0.25, -0.2) is 0 Å². The Labute approximate surface area is 81.3 Å². The van der Waals surface area contributed by atoms with Gasteiger partial charge < -0.3 is 9.84 Å². The smallest absolute Gasteiger partial charge is 0.150 e. The van der Waals surface area contributed by atoms with E-state index in [1.165, 1.54) is 17.3 Å². The summed E-state index contributed by atoms with van der Waals surface area (Å²) in [4.78, 5) is 0. The Hall–Kier alpha value is -1.09. The van der Waals surface area contributed by atoms with Crippen LogP contribution in [0.2, 0.25) is 0 Å². The normalized spacial score (nSPS) is 25.6. The van der Waals surface area contributed by atoms with Gasteiger partial charge in [-0.15, -0.1) is 0 Å². The SMILES string of the molecule is COC1=CC2=CC=C(O)SC2C=C1. The number of ether oxygens (including phenoxy) is 1. The van der Waals surface area contributed by atoms with E-state index >= 15 is 0 Å². The van der Waals surface area contributed by atoms with E-state index in [-0.39, 0.29) is 5.25 Å². The van der Waals surface area contributed by atoms with Crippen molar-refractivity contribution in [3.63, 3.8) is 0 Å². The summed E-state index contributed by atoms with van der Waals surface area (Å²) in [5.74, 6) is 0.859. The van der Waals surface area contributed by atoms with Crippen molar-refractivity contribution in [2.75, 3.05) is 7.11 Å². The van der Waals surface area contributed by atoms with Crippen LogP contribution in [0.5, 0.6) is 0 Å². The summed E-state index contributed by atoms with van der Waals surface area (Å²) < 4.78 is 5.11. The van der Waals surface area contributed by atoms with Gasteiger partial charge in [-0.2, -0.15) is 0 Å². The third-order valence-electron chi connectivity index (χ3n) is 1.97. The number of aliphatic hydroxyl groups excluding tert-OH is 1. The lowest BCUT2D eigenvalue weighted by Crippen LogP contribution is -2.09. The first-order valence-corrected chi connectivity index (χ1v) is 4.89. The minimum atomic E-state index is 0.240. The highest BCUT2D eigenvalue weighted by Gasteiger charge is 2.19. The standard InChI is InChI=1S/C10H10O2S/c1-12-8-3-4-9-7(6-8)2-5-10(11)13-9/h2-6,9,11H,1H3.